The molecule has 8 heteroatoms. The molecular weight excluding hydrogens is 280 g/mol. The standard InChI is InChI=1S/C12H18N4O3S/c1-9(2)16-8-10(6-15-16)14-7-11-4-5-12(19-11)20(17,18)13-3/h4-6,8-9,13-14H,7H2,1-3H3. The summed E-state index contributed by atoms with van der Waals surface area (Å²) in [6, 6.07) is 3.35. The predicted octanol–water partition coefficient (Wildman–Crippen LogP) is 1.58. The maximum atomic E-state index is 11.5. The molecule has 2 aromatic rings. The molecule has 0 aliphatic carbocycles. The summed E-state index contributed by atoms with van der Waals surface area (Å²) >= 11 is 0. The third-order valence-electron chi connectivity index (χ3n) is 2.77. The van der Waals surface area contributed by atoms with Crippen LogP contribution in [0.4, 0.5) is 5.69 Å². The Kier molecular flexibility index (Phi) is 4.15. The summed E-state index contributed by atoms with van der Waals surface area (Å²) < 4.78 is 32.4. The lowest BCUT2D eigenvalue weighted by molar-refractivity contribution is 0.417. The molecule has 20 heavy (non-hydrogen) atoms. The third-order valence-corrected chi connectivity index (χ3v) is 4.05. The van der Waals surface area contributed by atoms with E-state index < -0.39 is 10.0 Å². The SMILES string of the molecule is CNS(=O)(=O)c1ccc(CNc2cnn(C(C)C)c2)o1. The van der Waals surface area contributed by atoms with Crippen LogP contribution in [0.3, 0.4) is 0 Å². The molecule has 0 atom stereocenters. The van der Waals surface area contributed by atoms with Crippen LogP contribution in [0.15, 0.2) is 34.0 Å². The number of nitrogens with one attached hydrogen (secondary N) is 2. The van der Waals surface area contributed by atoms with Crippen LogP contribution in [0.25, 0.3) is 0 Å². The van der Waals surface area contributed by atoms with Crippen molar-refractivity contribution in [2.75, 3.05) is 12.4 Å². The molecule has 0 aliphatic rings. The molecule has 0 amide bonds. The summed E-state index contributed by atoms with van der Waals surface area (Å²) in [5, 5.41) is 7.24. The van der Waals surface area contributed by atoms with Gasteiger partial charge >= 0.3 is 0 Å². The topological polar surface area (TPSA) is 89.2 Å². The fourth-order valence-corrected chi connectivity index (χ4v) is 2.26. The van der Waals surface area contributed by atoms with E-state index in [1.807, 2.05) is 24.7 Å². The molecule has 0 fully saturated rings. The van der Waals surface area contributed by atoms with E-state index in [1.165, 1.54) is 13.1 Å². The lowest BCUT2D eigenvalue weighted by Crippen LogP contribution is -2.17. The average molecular weight is 298 g/mol. The Balaban J connectivity index is 2.01. The number of rotatable bonds is 6. The van der Waals surface area contributed by atoms with Crippen LogP contribution in [0.2, 0.25) is 0 Å². The zero-order valence-electron chi connectivity index (χ0n) is 11.6. The lowest BCUT2D eigenvalue weighted by Gasteiger charge is -2.03. The first-order chi connectivity index (χ1) is 9.42. The zero-order valence-corrected chi connectivity index (χ0v) is 12.4. The Labute approximate surface area is 118 Å². The van der Waals surface area contributed by atoms with Crippen molar-refractivity contribution in [1.82, 2.24) is 14.5 Å². The van der Waals surface area contributed by atoms with Crippen LogP contribution in [-0.4, -0.2) is 25.2 Å². The summed E-state index contributed by atoms with van der Waals surface area (Å²) in [6.07, 6.45) is 3.60. The molecule has 0 unspecified atom stereocenters. The van der Waals surface area contributed by atoms with Crippen LogP contribution in [0, 0.1) is 0 Å². The second-order valence-corrected chi connectivity index (χ2v) is 6.40. The largest absolute Gasteiger partial charge is 0.446 e. The molecule has 7 nitrogen and oxygen atoms in total. The van der Waals surface area contributed by atoms with E-state index in [1.54, 1.807) is 12.3 Å². The van der Waals surface area contributed by atoms with Crippen molar-refractivity contribution in [2.45, 2.75) is 31.5 Å². The molecule has 2 heterocycles. The monoisotopic (exact) mass is 298 g/mol. The van der Waals surface area contributed by atoms with E-state index in [4.69, 9.17) is 4.42 Å². The molecule has 0 spiro atoms. The number of nitrogens with zero attached hydrogens (tertiary/aromatic N) is 2. The van der Waals surface area contributed by atoms with E-state index in [2.05, 4.69) is 15.1 Å². The highest BCUT2D eigenvalue weighted by atomic mass is 32.2. The van der Waals surface area contributed by atoms with Crippen LogP contribution in [0.5, 0.6) is 0 Å². The molecular formula is C12H18N4O3S. The van der Waals surface area contributed by atoms with Crippen LogP contribution >= 0.6 is 0 Å². The molecule has 2 N–H and O–H groups in total. The van der Waals surface area contributed by atoms with Gasteiger partial charge in [0.2, 0.25) is 5.09 Å². The van der Waals surface area contributed by atoms with Crippen molar-refractivity contribution in [3.8, 4) is 0 Å². The fraction of sp³-hybridized carbons (Fsp3) is 0.417. The second-order valence-electron chi connectivity index (χ2n) is 4.58. The summed E-state index contributed by atoms with van der Waals surface area (Å²) in [5.41, 5.74) is 0.855. The molecule has 0 bridgehead atoms. The maximum absolute atomic E-state index is 11.5. The minimum absolute atomic E-state index is 0.0883. The number of hydrogen-bond donors (Lipinski definition) is 2. The summed E-state index contributed by atoms with van der Waals surface area (Å²) in [6.45, 7) is 4.47. The molecule has 2 aromatic heterocycles. The number of aromatic nitrogens is 2. The van der Waals surface area contributed by atoms with E-state index in [0.29, 0.717) is 18.3 Å². The highest BCUT2D eigenvalue weighted by Crippen LogP contribution is 2.16. The summed E-state index contributed by atoms with van der Waals surface area (Å²) in [4.78, 5) is 0. The molecule has 0 saturated heterocycles. The van der Waals surface area contributed by atoms with E-state index in [-0.39, 0.29) is 5.09 Å². The number of hydrogen-bond acceptors (Lipinski definition) is 5. The van der Waals surface area contributed by atoms with Crippen LogP contribution < -0.4 is 10.0 Å². The average Bonchev–Trinajstić information content (AvgIpc) is 3.05. The van der Waals surface area contributed by atoms with Gasteiger partial charge in [-0.3, -0.25) is 4.68 Å². The number of sulfonamides is 1. The first-order valence-electron chi connectivity index (χ1n) is 6.22. The van der Waals surface area contributed by atoms with Gasteiger partial charge in [0.15, 0.2) is 0 Å². The van der Waals surface area contributed by atoms with Crippen molar-refractivity contribution in [2.24, 2.45) is 0 Å². The number of furan rings is 1. The molecule has 0 radical (unpaired) electrons. The molecule has 0 aliphatic heterocycles. The fourth-order valence-electron chi connectivity index (χ4n) is 1.60. The van der Waals surface area contributed by atoms with Gasteiger partial charge in [-0.05, 0) is 33.0 Å². The second kappa shape index (κ2) is 5.68. The van der Waals surface area contributed by atoms with Crippen molar-refractivity contribution >= 4 is 15.7 Å². The van der Waals surface area contributed by atoms with Gasteiger partial charge in [-0.15, -0.1) is 0 Å². The molecule has 2 rings (SSSR count). The van der Waals surface area contributed by atoms with Crippen LogP contribution in [-0.2, 0) is 16.6 Å². The van der Waals surface area contributed by atoms with Gasteiger partial charge in [0.05, 0.1) is 18.4 Å². The normalized spacial score (nSPS) is 12.0. The Bertz CT molecular complexity index is 672. The minimum atomic E-state index is -3.53. The molecule has 0 saturated carbocycles. The Morgan fingerprint density at radius 2 is 2.15 bits per heavy atom. The minimum Gasteiger partial charge on any atom is -0.446 e. The Morgan fingerprint density at radius 3 is 2.75 bits per heavy atom. The third kappa shape index (κ3) is 3.20. The molecule has 0 aromatic carbocycles. The van der Waals surface area contributed by atoms with Crippen molar-refractivity contribution in [3.05, 3.63) is 30.3 Å². The number of anilines is 1. The van der Waals surface area contributed by atoms with Gasteiger partial charge < -0.3 is 9.73 Å². The highest BCUT2D eigenvalue weighted by molar-refractivity contribution is 7.89. The van der Waals surface area contributed by atoms with Gasteiger partial charge in [-0.2, -0.15) is 5.10 Å². The van der Waals surface area contributed by atoms with Gasteiger partial charge in [0, 0.05) is 12.2 Å². The first-order valence-corrected chi connectivity index (χ1v) is 7.71. The summed E-state index contributed by atoms with van der Waals surface area (Å²) in [7, 11) is -2.19. The highest BCUT2D eigenvalue weighted by Gasteiger charge is 2.16. The quantitative estimate of drug-likeness (QED) is 0.845. The van der Waals surface area contributed by atoms with Gasteiger partial charge in [0.1, 0.15) is 5.76 Å². The smallest absolute Gasteiger partial charge is 0.273 e. The van der Waals surface area contributed by atoms with Gasteiger partial charge in [0.25, 0.3) is 10.0 Å². The summed E-state index contributed by atoms with van der Waals surface area (Å²) in [5.74, 6) is 0.538. The maximum Gasteiger partial charge on any atom is 0.273 e. The first kappa shape index (κ1) is 14.6. The molecule has 110 valence electrons. The Morgan fingerprint density at radius 1 is 1.40 bits per heavy atom. The van der Waals surface area contributed by atoms with Crippen molar-refractivity contribution in [1.29, 1.82) is 0 Å². The Hall–Kier alpha value is -1.80. The van der Waals surface area contributed by atoms with Gasteiger partial charge in [-0.25, -0.2) is 13.1 Å². The van der Waals surface area contributed by atoms with E-state index in [0.717, 1.165) is 5.69 Å². The van der Waals surface area contributed by atoms with Crippen molar-refractivity contribution < 1.29 is 12.8 Å². The lowest BCUT2D eigenvalue weighted by atomic mass is 10.4. The zero-order chi connectivity index (χ0) is 14.8. The van der Waals surface area contributed by atoms with E-state index >= 15 is 0 Å². The van der Waals surface area contributed by atoms with Crippen molar-refractivity contribution in [3.63, 3.8) is 0 Å². The van der Waals surface area contributed by atoms with Gasteiger partial charge in [-0.1, -0.05) is 0 Å². The van der Waals surface area contributed by atoms with E-state index in [9.17, 15) is 8.42 Å². The van der Waals surface area contributed by atoms with Crippen LogP contribution in [0.1, 0.15) is 25.6 Å². The predicted molar refractivity (Wildman–Crippen MR) is 74.9 cm³/mol.